The van der Waals surface area contributed by atoms with E-state index in [9.17, 15) is 9.90 Å². The molecule has 2 N–H and O–H groups in total. The van der Waals surface area contributed by atoms with Crippen LogP contribution in [0.25, 0.3) is 0 Å². The molecule has 1 atom stereocenters. The largest absolute Gasteiger partial charge is 0.389 e. The Morgan fingerprint density at radius 1 is 1.42 bits per heavy atom. The molecule has 1 heterocycles. The van der Waals surface area contributed by atoms with Gasteiger partial charge in [-0.3, -0.25) is 4.57 Å². The van der Waals surface area contributed by atoms with E-state index in [1.165, 1.54) is 11.8 Å². The number of hydrogen-bond donors (Lipinski definition) is 2. The van der Waals surface area contributed by atoms with Crippen molar-refractivity contribution in [1.29, 1.82) is 0 Å². The summed E-state index contributed by atoms with van der Waals surface area (Å²) in [5.74, 6) is 0. The van der Waals surface area contributed by atoms with E-state index in [2.05, 4.69) is 10.2 Å². The van der Waals surface area contributed by atoms with Crippen LogP contribution in [0.4, 0.5) is 0 Å². The van der Waals surface area contributed by atoms with Crippen LogP contribution in [0.2, 0.25) is 0 Å². The summed E-state index contributed by atoms with van der Waals surface area (Å²) in [4.78, 5) is 12.5. The van der Waals surface area contributed by atoms with Gasteiger partial charge in [0.15, 0.2) is 5.16 Å². The summed E-state index contributed by atoms with van der Waals surface area (Å²) in [5.41, 5.74) is 0.697. The minimum atomic E-state index is -0.470. The van der Waals surface area contributed by atoms with Gasteiger partial charge in [0.05, 0.1) is 6.10 Å². The van der Waals surface area contributed by atoms with Gasteiger partial charge in [0.2, 0.25) is 0 Å². The Morgan fingerprint density at radius 3 is 2.68 bits per heavy atom. The fourth-order valence-corrected chi connectivity index (χ4v) is 2.58. The van der Waals surface area contributed by atoms with E-state index in [4.69, 9.17) is 0 Å². The molecule has 5 nitrogen and oxygen atoms in total. The van der Waals surface area contributed by atoms with E-state index in [0.717, 1.165) is 16.9 Å². The molecular formula is C13H17N3O2S. The van der Waals surface area contributed by atoms with Crippen molar-refractivity contribution in [2.24, 2.45) is 0 Å². The highest BCUT2D eigenvalue weighted by Crippen LogP contribution is 2.26. The molecule has 0 unspecified atom stereocenters. The third kappa shape index (κ3) is 3.27. The average molecular weight is 279 g/mol. The lowest BCUT2D eigenvalue weighted by molar-refractivity contribution is 0.199. The van der Waals surface area contributed by atoms with Crippen molar-refractivity contribution in [1.82, 2.24) is 14.8 Å². The van der Waals surface area contributed by atoms with E-state index < -0.39 is 6.10 Å². The quantitative estimate of drug-likeness (QED) is 0.880. The summed E-state index contributed by atoms with van der Waals surface area (Å²) in [6.07, 6.45) is 0.413. The van der Waals surface area contributed by atoms with Gasteiger partial charge in [-0.25, -0.2) is 9.89 Å². The molecule has 2 aromatic rings. The number of aromatic nitrogens is 3. The smallest absolute Gasteiger partial charge is 0.343 e. The van der Waals surface area contributed by atoms with Crippen LogP contribution in [0.1, 0.15) is 31.9 Å². The molecule has 0 aliphatic heterocycles. The first-order chi connectivity index (χ1) is 9.11. The molecule has 0 spiro atoms. The van der Waals surface area contributed by atoms with Crippen molar-refractivity contribution in [3.8, 4) is 0 Å². The maximum absolute atomic E-state index is 11.6. The fraction of sp³-hybridized carbons (Fsp3) is 0.385. The number of hydrogen-bond acceptors (Lipinski definition) is 4. The van der Waals surface area contributed by atoms with Crippen LogP contribution >= 0.6 is 11.8 Å². The topological polar surface area (TPSA) is 70.9 Å². The van der Waals surface area contributed by atoms with Crippen LogP contribution in [0.15, 0.2) is 39.1 Å². The minimum absolute atomic E-state index is 0.176. The molecular weight excluding hydrogens is 262 g/mol. The Hall–Kier alpha value is -1.53. The van der Waals surface area contributed by atoms with Crippen molar-refractivity contribution < 1.29 is 5.11 Å². The summed E-state index contributed by atoms with van der Waals surface area (Å²) >= 11 is 1.43. The number of nitrogens with zero attached hydrogens (tertiary/aromatic N) is 2. The number of nitrogens with one attached hydrogen (secondary N) is 1. The second kappa shape index (κ2) is 6.08. The van der Waals surface area contributed by atoms with E-state index >= 15 is 0 Å². The summed E-state index contributed by atoms with van der Waals surface area (Å²) in [6.45, 7) is 4.41. The number of benzene rings is 1. The van der Waals surface area contributed by atoms with Gasteiger partial charge >= 0.3 is 5.69 Å². The number of aromatic amines is 1. The zero-order chi connectivity index (χ0) is 13.8. The minimum Gasteiger partial charge on any atom is -0.389 e. The second-order valence-electron chi connectivity index (χ2n) is 4.31. The summed E-state index contributed by atoms with van der Waals surface area (Å²) in [6, 6.07) is 7.59. The van der Waals surface area contributed by atoms with Crippen molar-refractivity contribution in [2.45, 2.75) is 43.0 Å². The molecule has 0 saturated carbocycles. The van der Waals surface area contributed by atoms with Gasteiger partial charge in [-0.1, -0.05) is 19.1 Å². The summed E-state index contributed by atoms with van der Waals surface area (Å²) < 4.78 is 1.63. The highest BCUT2D eigenvalue weighted by molar-refractivity contribution is 7.99. The van der Waals surface area contributed by atoms with E-state index in [1.807, 2.05) is 31.2 Å². The molecule has 1 aromatic heterocycles. The Bertz CT molecular complexity index is 587. The van der Waals surface area contributed by atoms with Crippen molar-refractivity contribution in [3.05, 3.63) is 40.3 Å². The average Bonchev–Trinajstić information content (AvgIpc) is 2.73. The van der Waals surface area contributed by atoms with Crippen LogP contribution in [0.3, 0.4) is 0 Å². The molecule has 6 heteroatoms. The monoisotopic (exact) mass is 279 g/mol. The lowest BCUT2D eigenvalue weighted by atomic mass is 10.1. The molecule has 0 aliphatic carbocycles. The van der Waals surface area contributed by atoms with Gasteiger partial charge in [0, 0.05) is 11.4 Å². The molecule has 0 radical (unpaired) electrons. The lowest BCUT2D eigenvalue weighted by Gasteiger charge is -2.06. The van der Waals surface area contributed by atoms with Gasteiger partial charge in [-0.2, -0.15) is 0 Å². The van der Waals surface area contributed by atoms with Gasteiger partial charge in [0.1, 0.15) is 0 Å². The molecule has 0 aliphatic rings. The molecule has 0 amide bonds. The van der Waals surface area contributed by atoms with Gasteiger partial charge < -0.3 is 5.11 Å². The molecule has 0 bridgehead atoms. The number of rotatable bonds is 5. The molecule has 0 saturated heterocycles. The molecule has 2 rings (SSSR count). The Labute approximate surface area is 115 Å². The number of aliphatic hydroxyl groups excluding tert-OH is 1. The maximum atomic E-state index is 11.6. The SMILES string of the molecule is CCCn1c(Sc2ccc([C@H](C)O)cc2)n[nH]c1=O. The van der Waals surface area contributed by atoms with Crippen molar-refractivity contribution in [2.75, 3.05) is 0 Å². The zero-order valence-corrected chi connectivity index (χ0v) is 11.8. The predicted molar refractivity (Wildman–Crippen MR) is 74.3 cm³/mol. The first kappa shape index (κ1) is 13.9. The molecule has 1 aromatic carbocycles. The van der Waals surface area contributed by atoms with E-state index in [0.29, 0.717) is 11.7 Å². The predicted octanol–water partition coefficient (Wildman–Crippen LogP) is 2.19. The third-order valence-electron chi connectivity index (χ3n) is 2.74. The maximum Gasteiger partial charge on any atom is 0.343 e. The van der Waals surface area contributed by atoms with Crippen LogP contribution in [0, 0.1) is 0 Å². The van der Waals surface area contributed by atoms with E-state index in [-0.39, 0.29) is 5.69 Å². The highest BCUT2D eigenvalue weighted by atomic mass is 32.2. The summed E-state index contributed by atoms with van der Waals surface area (Å²) in [7, 11) is 0. The van der Waals surface area contributed by atoms with Gasteiger partial charge in [-0.05, 0) is 42.8 Å². The van der Waals surface area contributed by atoms with E-state index in [1.54, 1.807) is 11.5 Å². The normalized spacial score (nSPS) is 12.6. The van der Waals surface area contributed by atoms with Crippen molar-refractivity contribution in [3.63, 3.8) is 0 Å². The zero-order valence-electron chi connectivity index (χ0n) is 11.0. The summed E-state index contributed by atoms with van der Waals surface area (Å²) in [5, 5.41) is 16.6. The van der Waals surface area contributed by atoms with Crippen LogP contribution < -0.4 is 5.69 Å². The Kier molecular flexibility index (Phi) is 4.44. The molecule has 102 valence electrons. The first-order valence-electron chi connectivity index (χ1n) is 6.23. The fourth-order valence-electron chi connectivity index (χ4n) is 1.72. The standard InChI is InChI=1S/C13H17N3O2S/c1-3-8-16-12(18)14-15-13(16)19-11-6-4-10(5-7-11)9(2)17/h4-7,9,17H,3,8H2,1-2H3,(H,14,18)/t9-/m0/s1. The molecule has 19 heavy (non-hydrogen) atoms. The van der Waals surface area contributed by atoms with Crippen LogP contribution in [-0.2, 0) is 6.54 Å². The highest BCUT2D eigenvalue weighted by Gasteiger charge is 2.09. The molecule has 0 fully saturated rings. The van der Waals surface area contributed by atoms with Crippen molar-refractivity contribution >= 4 is 11.8 Å². The van der Waals surface area contributed by atoms with Gasteiger partial charge in [-0.15, -0.1) is 5.10 Å². The third-order valence-corrected chi connectivity index (χ3v) is 3.74. The Morgan fingerprint density at radius 2 is 2.11 bits per heavy atom. The Balaban J connectivity index is 2.19. The number of aliphatic hydroxyl groups is 1. The van der Waals surface area contributed by atoms with Crippen LogP contribution in [-0.4, -0.2) is 19.9 Å². The first-order valence-corrected chi connectivity index (χ1v) is 7.04. The van der Waals surface area contributed by atoms with Gasteiger partial charge in [0.25, 0.3) is 0 Å². The second-order valence-corrected chi connectivity index (χ2v) is 5.35. The number of H-pyrrole nitrogens is 1. The van der Waals surface area contributed by atoms with Crippen LogP contribution in [0.5, 0.6) is 0 Å². The lowest BCUT2D eigenvalue weighted by Crippen LogP contribution is -2.17.